The number of carbonyl (C=O) groups excluding carboxylic acids is 3. The van der Waals surface area contributed by atoms with Crippen LogP contribution >= 0.6 is 23.2 Å². The molecule has 2 amide bonds. The van der Waals surface area contributed by atoms with Crippen LogP contribution in [0.4, 0.5) is 0 Å². The van der Waals surface area contributed by atoms with Crippen molar-refractivity contribution in [3.8, 4) is 5.75 Å². The number of fused-ring (bicyclic) bond motifs is 1. The van der Waals surface area contributed by atoms with Crippen molar-refractivity contribution in [2.24, 2.45) is 0 Å². The highest BCUT2D eigenvalue weighted by atomic mass is 35.5. The Hall–Kier alpha value is -2.37. The second-order valence-electron chi connectivity index (χ2n) is 5.20. The first kappa shape index (κ1) is 16.5. The second kappa shape index (κ2) is 6.26. The van der Waals surface area contributed by atoms with E-state index in [9.17, 15) is 14.4 Å². The summed E-state index contributed by atoms with van der Waals surface area (Å²) in [6.45, 7) is 1.43. The van der Waals surface area contributed by atoms with Gasteiger partial charge in [-0.3, -0.25) is 14.5 Å². The van der Waals surface area contributed by atoms with Crippen molar-refractivity contribution < 1.29 is 19.1 Å². The topological polar surface area (TPSA) is 63.7 Å². The van der Waals surface area contributed by atoms with Crippen molar-refractivity contribution in [2.75, 3.05) is 0 Å². The van der Waals surface area contributed by atoms with Crippen LogP contribution in [0.15, 0.2) is 42.5 Å². The maximum Gasteiger partial charge on any atom is 0.334 e. The zero-order valence-electron chi connectivity index (χ0n) is 12.5. The first-order valence-electron chi connectivity index (χ1n) is 7.04. The number of esters is 1. The van der Waals surface area contributed by atoms with E-state index in [-0.39, 0.29) is 21.9 Å². The summed E-state index contributed by atoms with van der Waals surface area (Å²) < 4.78 is 5.19. The van der Waals surface area contributed by atoms with Crippen molar-refractivity contribution in [2.45, 2.75) is 13.0 Å². The summed E-state index contributed by atoms with van der Waals surface area (Å²) in [4.78, 5) is 37.9. The van der Waals surface area contributed by atoms with Crippen molar-refractivity contribution in [3.63, 3.8) is 0 Å². The molecule has 122 valence electrons. The van der Waals surface area contributed by atoms with Gasteiger partial charge in [-0.1, -0.05) is 35.3 Å². The van der Waals surface area contributed by atoms with Gasteiger partial charge in [-0.2, -0.15) is 0 Å². The lowest BCUT2D eigenvalue weighted by atomic mass is 10.1. The zero-order chi connectivity index (χ0) is 17.4. The fourth-order valence-electron chi connectivity index (χ4n) is 2.41. The molecule has 0 saturated heterocycles. The van der Waals surface area contributed by atoms with E-state index < -0.39 is 23.8 Å². The Morgan fingerprint density at radius 3 is 2.12 bits per heavy atom. The third-order valence-electron chi connectivity index (χ3n) is 3.66. The van der Waals surface area contributed by atoms with Crippen LogP contribution in [-0.2, 0) is 4.79 Å². The number of nitrogens with zero attached hydrogens (tertiary/aromatic N) is 1. The summed E-state index contributed by atoms with van der Waals surface area (Å²) in [7, 11) is 0. The first-order valence-corrected chi connectivity index (χ1v) is 7.79. The highest BCUT2D eigenvalue weighted by molar-refractivity contribution is 6.42. The van der Waals surface area contributed by atoms with Gasteiger partial charge in [0.2, 0.25) is 0 Å². The number of amides is 2. The van der Waals surface area contributed by atoms with E-state index in [1.807, 2.05) is 0 Å². The maximum absolute atomic E-state index is 12.4. The van der Waals surface area contributed by atoms with Crippen LogP contribution in [-0.4, -0.2) is 28.7 Å². The minimum absolute atomic E-state index is 0.179. The van der Waals surface area contributed by atoms with Gasteiger partial charge in [-0.25, -0.2) is 4.79 Å². The number of carbonyl (C=O) groups is 3. The lowest BCUT2D eigenvalue weighted by molar-refractivity contribution is -0.138. The van der Waals surface area contributed by atoms with E-state index in [0.29, 0.717) is 5.02 Å². The van der Waals surface area contributed by atoms with Gasteiger partial charge in [0.25, 0.3) is 11.8 Å². The van der Waals surface area contributed by atoms with Crippen molar-refractivity contribution in [3.05, 3.63) is 63.6 Å². The Morgan fingerprint density at radius 1 is 1.00 bits per heavy atom. The Kier molecular flexibility index (Phi) is 4.30. The fourth-order valence-corrected chi connectivity index (χ4v) is 2.69. The molecule has 3 rings (SSSR count). The van der Waals surface area contributed by atoms with Gasteiger partial charge in [0.1, 0.15) is 11.8 Å². The predicted octanol–water partition coefficient (Wildman–Crippen LogP) is 3.58. The minimum Gasteiger partial charge on any atom is -0.425 e. The summed E-state index contributed by atoms with van der Waals surface area (Å²) in [5.41, 5.74) is 0.549. The number of hydrogen-bond donors (Lipinski definition) is 0. The quantitative estimate of drug-likeness (QED) is 0.474. The van der Waals surface area contributed by atoms with Gasteiger partial charge in [0.05, 0.1) is 21.2 Å². The monoisotopic (exact) mass is 363 g/mol. The molecule has 0 aliphatic carbocycles. The second-order valence-corrected chi connectivity index (χ2v) is 6.01. The zero-order valence-corrected chi connectivity index (χ0v) is 14.0. The summed E-state index contributed by atoms with van der Waals surface area (Å²) in [5, 5.41) is 0.556. The van der Waals surface area contributed by atoms with Crippen LogP contribution in [0.1, 0.15) is 27.6 Å². The lowest BCUT2D eigenvalue weighted by Gasteiger charge is -2.20. The Balaban J connectivity index is 1.80. The maximum atomic E-state index is 12.4. The van der Waals surface area contributed by atoms with Crippen molar-refractivity contribution >= 4 is 41.0 Å². The molecule has 1 heterocycles. The molecule has 0 N–H and O–H groups in total. The SMILES string of the molecule is C[C@@H](C(=O)Oc1ccc(Cl)c(Cl)c1)N1C(=O)c2ccccc2C1=O. The smallest absolute Gasteiger partial charge is 0.334 e. The molecule has 2 aromatic carbocycles. The summed E-state index contributed by atoms with van der Waals surface area (Å²) in [6.07, 6.45) is 0. The molecule has 5 nitrogen and oxygen atoms in total. The highest BCUT2D eigenvalue weighted by Crippen LogP contribution is 2.28. The molecule has 0 unspecified atom stereocenters. The van der Waals surface area contributed by atoms with Gasteiger partial charge in [-0.05, 0) is 31.2 Å². The predicted molar refractivity (Wildman–Crippen MR) is 88.5 cm³/mol. The molecule has 1 atom stereocenters. The van der Waals surface area contributed by atoms with Crippen LogP contribution in [0.3, 0.4) is 0 Å². The van der Waals surface area contributed by atoms with Crippen LogP contribution in [0.5, 0.6) is 5.75 Å². The average Bonchev–Trinajstić information content (AvgIpc) is 2.82. The molecule has 0 aromatic heterocycles. The van der Waals surface area contributed by atoms with Gasteiger partial charge >= 0.3 is 5.97 Å². The molecular formula is C17H11Cl2NO4. The molecule has 0 bridgehead atoms. The highest BCUT2D eigenvalue weighted by Gasteiger charge is 2.41. The third kappa shape index (κ3) is 2.77. The summed E-state index contributed by atoms with van der Waals surface area (Å²) in [5.74, 6) is -1.61. The normalized spacial score (nSPS) is 14.5. The number of ether oxygens (including phenoxy) is 1. The van der Waals surface area contributed by atoms with Gasteiger partial charge < -0.3 is 4.74 Å². The van der Waals surface area contributed by atoms with E-state index >= 15 is 0 Å². The van der Waals surface area contributed by atoms with Crippen molar-refractivity contribution in [1.82, 2.24) is 4.90 Å². The molecule has 0 saturated carbocycles. The van der Waals surface area contributed by atoms with E-state index in [0.717, 1.165) is 4.90 Å². The molecular weight excluding hydrogens is 353 g/mol. The van der Waals surface area contributed by atoms with Crippen LogP contribution < -0.4 is 4.74 Å². The molecule has 1 aliphatic rings. The molecule has 0 fully saturated rings. The van der Waals surface area contributed by atoms with Crippen LogP contribution in [0, 0.1) is 0 Å². The van der Waals surface area contributed by atoms with Gasteiger partial charge in [-0.15, -0.1) is 0 Å². The minimum atomic E-state index is -1.08. The number of hydrogen-bond acceptors (Lipinski definition) is 4. The molecule has 0 radical (unpaired) electrons. The van der Waals surface area contributed by atoms with E-state index in [1.165, 1.54) is 25.1 Å². The van der Waals surface area contributed by atoms with Gasteiger partial charge in [0.15, 0.2) is 0 Å². The Bertz CT molecular complexity index is 830. The van der Waals surface area contributed by atoms with E-state index in [1.54, 1.807) is 24.3 Å². The number of halogens is 2. The van der Waals surface area contributed by atoms with Gasteiger partial charge in [0, 0.05) is 6.07 Å². The molecule has 2 aromatic rings. The molecule has 0 spiro atoms. The Labute approximate surface area is 147 Å². The molecule has 24 heavy (non-hydrogen) atoms. The van der Waals surface area contributed by atoms with Crippen molar-refractivity contribution in [1.29, 1.82) is 0 Å². The van der Waals surface area contributed by atoms with Crippen LogP contribution in [0.2, 0.25) is 10.0 Å². The van der Waals surface area contributed by atoms with E-state index in [4.69, 9.17) is 27.9 Å². The third-order valence-corrected chi connectivity index (χ3v) is 4.40. The molecule has 7 heteroatoms. The van der Waals surface area contributed by atoms with Crippen LogP contribution in [0.25, 0.3) is 0 Å². The largest absolute Gasteiger partial charge is 0.425 e. The number of rotatable bonds is 3. The summed E-state index contributed by atoms with van der Waals surface area (Å²) in [6, 6.07) is 9.68. The van der Waals surface area contributed by atoms with E-state index in [2.05, 4.69) is 0 Å². The Morgan fingerprint density at radius 2 is 1.58 bits per heavy atom. The summed E-state index contributed by atoms with van der Waals surface area (Å²) >= 11 is 11.7. The fraction of sp³-hybridized carbons (Fsp3) is 0.118. The first-order chi connectivity index (χ1) is 11.4. The lowest BCUT2D eigenvalue weighted by Crippen LogP contribution is -2.44. The standard InChI is InChI=1S/C17H11Cl2NO4/c1-9(17(23)24-10-6-7-13(18)14(19)8-10)20-15(21)11-4-2-3-5-12(11)16(20)22/h2-9H,1H3/t9-/m0/s1. The number of benzene rings is 2. The molecule has 1 aliphatic heterocycles. The average molecular weight is 364 g/mol. The number of imide groups is 1.